The molecule has 1 unspecified atom stereocenters. The molecular weight excluding hydrogens is 321 g/mol. The van der Waals surface area contributed by atoms with E-state index in [0.29, 0.717) is 0 Å². The van der Waals surface area contributed by atoms with Gasteiger partial charge in [-0.15, -0.1) is 0 Å². The lowest BCUT2D eigenvalue weighted by atomic mass is 9.95. The Bertz CT molecular complexity index is 721. The van der Waals surface area contributed by atoms with Crippen LogP contribution in [0.5, 0.6) is 0 Å². The van der Waals surface area contributed by atoms with Crippen molar-refractivity contribution in [3.05, 3.63) is 96.1 Å². The smallest absolute Gasteiger partial charge is 0.00124 e. The molecule has 3 rings (SSSR count). The van der Waals surface area contributed by atoms with Crippen LogP contribution in [0.2, 0.25) is 0 Å². The van der Waals surface area contributed by atoms with Gasteiger partial charge in [-0.1, -0.05) is 108 Å². The Morgan fingerprint density at radius 2 is 1.20 bits per heavy atom. The first-order valence-electron chi connectivity index (χ1n) is 8.91. The van der Waals surface area contributed by atoms with E-state index in [9.17, 15) is 0 Å². The third kappa shape index (κ3) is 6.46. The minimum atomic E-state index is 0.978. The van der Waals surface area contributed by atoms with Gasteiger partial charge >= 0.3 is 0 Å². The molecule has 130 valence electrons. The number of benzene rings is 3. The first kappa shape index (κ1) is 19.4. The molecule has 0 bridgehead atoms. The second-order valence-electron chi connectivity index (χ2n) is 5.91. The lowest BCUT2D eigenvalue weighted by Crippen LogP contribution is -2.07. The van der Waals surface area contributed by atoms with Gasteiger partial charge in [-0.3, -0.25) is 4.67 Å². The SMILES string of the molecule is CCN(P)CC.c1ccc(Cc2ccccc2-c2ccccc2)cc1. The molecule has 2 heteroatoms. The highest BCUT2D eigenvalue weighted by atomic mass is 31.0. The van der Waals surface area contributed by atoms with Crippen molar-refractivity contribution in [1.29, 1.82) is 0 Å². The van der Waals surface area contributed by atoms with E-state index in [-0.39, 0.29) is 0 Å². The highest BCUT2D eigenvalue weighted by Gasteiger charge is 2.04. The van der Waals surface area contributed by atoms with Gasteiger partial charge in [0.1, 0.15) is 0 Å². The third-order valence-electron chi connectivity index (χ3n) is 4.15. The molecule has 1 nitrogen and oxygen atoms in total. The van der Waals surface area contributed by atoms with Crippen LogP contribution in [0.4, 0.5) is 0 Å². The largest absolute Gasteiger partial charge is 0.288 e. The molecule has 1 atom stereocenters. The maximum absolute atomic E-state index is 2.64. The van der Waals surface area contributed by atoms with E-state index in [1.165, 1.54) is 22.3 Å². The van der Waals surface area contributed by atoms with E-state index < -0.39 is 0 Å². The van der Waals surface area contributed by atoms with Gasteiger partial charge < -0.3 is 0 Å². The second-order valence-corrected chi connectivity index (χ2v) is 6.64. The van der Waals surface area contributed by atoms with E-state index in [4.69, 9.17) is 0 Å². The highest BCUT2D eigenvalue weighted by molar-refractivity contribution is 7.13. The number of hydrogen-bond donors (Lipinski definition) is 0. The normalized spacial score (nSPS) is 10.2. The molecule has 0 heterocycles. The minimum Gasteiger partial charge on any atom is -0.288 e. The van der Waals surface area contributed by atoms with Crippen molar-refractivity contribution in [2.24, 2.45) is 0 Å². The summed E-state index contributed by atoms with van der Waals surface area (Å²) in [6.07, 6.45) is 0.978. The zero-order chi connectivity index (χ0) is 17.9. The van der Waals surface area contributed by atoms with Crippen LogP contribution in [0.3, 0.4) is 0 Å². The quantitative estimate of drug-likeness (QED) is 0.506. The van der Waals surface area contributed by atoms with Crippen molar-refractivity contribution in [2.45, 2.75) is 20.3 Å². The fourth-order valence-electron chi connectivity index (χ4n) is 2.61. The molecule has 0 saturated carbocycles. The Hall–Kier alpha value is -1.95. The molecule has 0 aromatic heterocycles. The molecule has 0 aliphatic heterocycles. The first-order chi connectivity index (χ1) is 12.2. The van der Waals surface area contributed by atoms with Crippen molar-refractivity contribution in [3.63, 3.8) is 0 Å². The number of rotatable bonds is 5. The van der Waals surface area contributed by atoms with Gasteiger partial charge in [-0.25, -0.2) is 0 Å². The Morgan fingerprint density at radius 1 is 0.680 bits per heavy atom. The van der Waals surface area contributed by atoms with Gasteiger partial charge in [-0.2, -0.15) is 0 Å². The molecule has 0 aliphatic carbocycles. The summed E-state index contributed by atoms with van der Waals surface area (Å²) in [6, 6.07) is 29.8. The van der Waals surface area contributed by atoms with Crippen LogP contribution < -0.4 is 0 Å². The average Bonchev–Trinajstić information content (AvgIpc) is 2.70. The lowest BCUT2D eigenvalue weighted by molar-refractivity contribution is 0.524. The van der Waals surface area contributed by atoms with Crippen LogP contribution in [0, 0.1) is 0 Å². The highest BCUT2D eigenvalue weighted by Crippen LogP contribution is 2.25. The van der Waals surface area contributed by atoms with Crippen molar-refractivity contribution in [1.82, 2.24) is 4.67 Å². The zero-order valence-corrected chi connectivity index (χ0v) is 16.4. The predicted molar refractivity (Wildman–Crippen MR) is 114 cm³/mol. The minimum absolute atomic E-state index is 0.978. The van der Waals surface area contributed by atoms with Crippen LogP contribution in [0.1, 0.15) is 25.0 Å². The molecule has 0 N–H and O–H groups in total. The lowest BCUT2D eigenvalue weighted by Gasteiger charge is -2.09. The number of nitrogens with zero attached hydrogens (tertiary/aromatic N) is 1. The van der Waals surface area contributed by atoms with Gasteiger partial charge in [0.2, 0.25) is 0 Å². The summed E-state index contributed by atoms with van der Waals surface area (Å²) < 4.78 is 2.17. The van der Waals surface area contributed by atoms with Crippen LogP contribution in [-0.4, -0.2) is 17.8 Å². The Morgan fingerprint density at radius 3 is 1.76 bits per heavy atom. The molecule has 0 saturated heterocycles. The maximum Gasteiger partial charge on any atom is -0.00124 e. The van der Waals surface area contributed by atoms with E-state index in [0.717, 1.165) is 19.5 Å². The van der Waals surface area contributed by atoms with E-state index in [2.05, 4.69) is 113 Å². The second kappa shape index (κ2) is 10.8. The van der Waals surface area contributed by atoms with Crippen LogP contribution >= 0.6 is 9.39 Å². The molecule has 0 fully saturated rings. The van der Waals surface area contributed by atoms with Crippen LogP contribution in [0.25, 0.3) is 11.1 Å². The Labute approximate surface area is 155 Å². The van der Waals surface area contributed by atoms with Crippen molar-refractivity contribution < 1.29 is 0 Å². The maximum atomic E-state index is 2.64. The first-order valence-corrected chi connectivity index (χ1v) is 9.43. The van der Waals surface area contributed by atoms with Gasteiger partial charge in [-0.05, 0) is 41.8 Å². The fraction of sp³-hybridized carbons (Fsp3) is 0.217. The summed E-state index contributed by atoms with van der Waals surface area (Å²) >= 11 is 0. The molecular formula is C23H28NP. The fourth-order valence-corrected chi connectivity index (χ4v) is 2.61. The van der Waals surface area contributed by atoms with Gasteiger partial charge in [0.15, 0.2) is 0 Å². The van der Waals surface area contributed by atoms with E-state index in [1.807, 2.05) is 0 Å². The van der Waals surface area contributed by atoms with E-state index in [1.54, 1.807) is 0 Å². The molecule has 0 aliphatic rings. The monoisotopic (exact) mass is 349 g/mol. The summed E-state index contributed by atoms with van der Waals surface area (Å²) in [6.45, 7) is 6.52. The predicted octanol–water partition coefficient (Wildman–Crippen LogP) is 6.06. The average molecular weight is 349 g/mol. The summed E-state index contributed by atoms with van der Waals surface area (Å²) in [5, 5.41) is 0. The van der Waals surface area contributed by atoms with Crippen molar-refractivity contribution >= 4 is 9.39 Å². The summed E-state index contributed by atoms with van der Waals surface area (Å²) in [5.41, 5.74) is 5.34. The van der Waals surface area contributed by atoms with Crippen LogP contribution in [0.15, 0.2) is 84.9 Å². The summed E-state index contributed by atoms with van der Waals surface area (Å²) in [5.74, 6) is 0. The van der Waals surface area contributed by atoms with Gasteiger partial charge in [0.25, 0.3) is 0 Å². The molecule has 3 aromatic rings. The van der Waals surface area contributed by atoms with Crippen molar-refractivity contribution in [2.75, 3.05) is 13.1 Å². The van der Waals surface area contributed by atoms with E-state index >= 15 is 0 Å². The topological polar surface area (TPSA) is 3.24 Å². The van der Waals surface area contributed by atoms with Crippen LogP contribution in [-0.2, 0) is 6.42 Å². The number of hydrogen-bond acceptors (Lipinski definition) is 1. The van der Waals surface area contributed by atoms with Crippen molar-refractivity contribution in [3.8, 4) is 11.1 Å². The van der Waals surface area contributed by atoms with Gasteiger partial charge in [0.05, 0.1) is 0 Å². The standard InChI is InChI=1S/C19H16.C4H12NP/c1-3-9-16(10-4-1)15-18-13-7-8-14-19(18)17-11-5-2-6-12-17;1-3-5(6)4-2/h1-14H,15H2;3-4,6H2,1-2H3. The molecule has 3 aromatic carbocycles. The molecule has 25 heavy (non-hydrogen) atoms. The molecule has 0 amide bonds. The Balaban J connectivity index is 0.000000326. The van der Waals surface area contributed by atoms with Gasteiger partial charge in [0, 0.05) is 0 Å². The summed E-state index contributed by atoms with van der Waals surface area (Å²) in [4.78, 5) is 0. The summed E-state index contributed by atoms with van der Waals surface area (Å²) in [7, 11) is 2.64. The molecule has 0 spiro atoms. The zero-order valence-electron chi connectivity index (χ0n) is 15.2. The Kier molecular flexibility index (Phi) is 8.39. The molecule has 0 radical (unpaired) electrons. The third-order valence-corrected chi connectivity index (χ3v) is 4.88.